The van der Waals surface area contributed by atoms with Gasteiger partial charge in [-0.1, -0.05) is 23.4 Å². The van der Waals surface area contributed by atoms with Gasteiger partial charge in [-0.05, 0) is 37.1 Å². The highest BCUT2D eigenvalue weighted by molar-refractivity contribution is 6.32. The largest absolute Gasteiger partial charge is 0.481 e. The third kappa shape index (κ3) is 3.30. The van der Waals surface area contributed by atoms with Crippen LogP contribution in [0, 0.1) is 25.7 Å². The van der Waals surface area contributed by atoms with Gasteiger partial charge in [0.15, 0.2) is 0 Å². The molecule has 0 fully saturated rings. The maximum Gasteiger partial charge on any atom is 0.315 e. The number of hydrogen-bond acceptors (Lipinski definition) is 1. The van der Waals surface area contributed by atoms with Crippen LogP contribution in [-0.4, -0.2) is 11.1 Å². The van der Waals surface area contributed by atoms with Crippen molar-refractivity contribution in [3.8, 4) is 11.8 Å². The molecule has 0 spiro atoms. The van der Waals surface area contributed by atoms with Gasteiger partial charge in [-0.15, -0.1) is 0 Å². The first kappa shape index (κ1) is 11.6. The standard InChI is InChI=1S/C12H11ClO2/c1-8-6-10(4-3-5-11(14)15)7-9(2)12(8)13/h6-7H,5H2,1-2H3,(H,14,15). The molecule has 1 N–H and O–H groups in total. The van der Waals surface area contributed by atoms with E-state index in [2.05, 4.69) is 11.8 Å². The fourth-order valence-electron chi connectivity index (χ4n) is 1.24. The Morgan fingerprint density at radius 1 is 1.40 bits per heavy atom. The van der Waals surface area contributed by atoms with Gasteiger partial charge in [0.25, 0.3) is 0 Å². The van der Waals surface area contributed by atoms with E-state index in [1.165, 1.54) is 0 Å². The topological polar surface area (TPSA) is 37.3 Å². The number of aryl methyl sites for hydroxylation is 2. The lowest BCUT2D eigenvalue weighted by Gasteiger charge is -2.02. The van der Waals surface area contributed by atoms with Gasteiger partial charge in [-0.25, -0.2) is 0 Å². The Balaban J connectivity index is 2.95. The Hall–Kier alpha value is -1.46. The van der Waals surface area contributed by atoms with Crippen molar-refractivity contribution in [3.05, 3.63) is 33.8 Å². The smallest absolute Gasteiger partial charge is 0.315 e. The Bertz CT molecular complexity index is 429. The second-order valence-electron chi connectivity index (χ2n) is 3.30. The molecule has 78 valence electrons. The molecule has 0 bridgehead atoms. The van der Waals surface area contributed by atoms with Crippen molar-refractivity contribution < 1.29 is 9.90 Å². The molecule has 1 aromatic carbocycles. The molecular formula is C12H11ClO2. The number of hydrogen-bond donors (Lipinski definition) is 1. The summed E-state index contributed by atoms with van der Waals surface area (Å²) in [7, 11) is 0. The highest BCUT2D eigenvalue weighted by atomic mass is 35.5. The first-order chi connectivity index (χ1) is 7.00. The number of aliphatic carboxylic acids is 1. The van der Waals surface area contributed by atoms with Gasteiger partial charge in [0.1, 0.15) is 6.42 Å². The summed E-state index contributed by atoms with van der Waals surface area (Å²) in [6, 6.07) is 3.70. The molecule has 0 aliphatic rings. The van der Waals surface area contributed by atoms with Crippen LogP contribution in [0.1, 0.15) is 23.1 Å². The maximum absolute atomic E-state index is 10.3. The van der Waals surface area contributed by atoms with Crippen LogP contribution in [0.25, 0.3) is 0 Å². The number of carboxylic acids is 1. The summed E-state index contributed by atoms with van der Waals surface area (Å²) in [6.07, 6.45) is -0.138. The molecule has 3 heteroatoms. The minimum atomic E-state index is -0.912. The molecule has 0 atom stereocenters. The molecule has 15 heavy (non-hydrogen) atoms. The molecule has 1 aromatic rings. The molecule has 0 amide bonds. The van der Waals surface area contributed by atoms with E-state index < -0.39 is 5.97 Å². The van der Waals surface area contributed by atoms with Crippen LogP contribution >= 0.6 is 11.6 Å². The van der Waals surface area contributed by atoms with Crippen LogP contribution in [-0.2, 0) is 4.79 Å². The summed E-state index contributed by atoms with van der Waals surface area (Å²) in [5.41, 5.74) is 2.71. The fourth-order valence-corrected chi connectivity index (χ4v) is 1.35. The third-order valence-electron chi connectivity index (χ3n) is 1.91. The molecule has 0 aliphatic carbocycles. The lowest BCUT2D eigenvalue weighted by Crippen LogP contribution is -1.90. The van der Waals surface area contributed by atoms with Crippen molar-refractivity contribution in [2.75, 3.05) is 0 Å². The maximum atomic E-state index is 10.3. The lowest BCUT2D eigenvalue weighted by molar-refractivity contribution is -0.135. The Kier molecular flexibility index (Phi) is 3.76. The van der Waals surface area contributed by atoms with Crippen LogP contribution in [0.5, 0.6) is 0 Å². The number of carboxylic acid groups (broad SMARTS) is 1. The number of rotatable bonds is 1. The van der Waals surface area contributed by atoms with Crippen LogP contribution < -0.4 is 0 Å². The van der Waals surface area contributed by atoms with Gasteiger partial charge in [0.05, 0.1) is 0 Å². The van der Waals surface area contributed by atoms with Crippen molar-refractivity contribution in [2.24, 2.45) is 0 Å². The number of halogens is 1. The molecule has 1 rings (SSSR count). The summed E-state index contributed by atoms with van der Waals surface area (Å²) in [6.45, 7) is 3.80. The van der Waals surface area contributed by atoms with Crippen molar-refractivity contribution in [1.29, 1.82) is 0 Å². The highest BCUT2D eigenvalue weighted by Crippen LogP contribution is 2.21. The van der Waals surface area contributed by atoms with Gasteiger partial charge in [0, 0.05) is 10.6 Å². The highest BCUT2D eigenvalue weighted by Gasteiger charge is 2.00. The van der Waals surface area contributed by atoms with E-state index in [0.29, 0.717) is 0 Å². The molecule has 0 aromatic heterocycles. The van der Waals surface area contributed by atoms with E-state index in [4.69, 9.17) is 16.7 Å². The third-order valence-corrected chi connectivity index (χ3v) is 2.50. The molecule has 0 saturated carbocycles. The number of benzene rings is 1. The second-order valence-corrected chi connectivity index (χ2v) is 3.67. The average molecular weight is 223 g/mol. The van der Waals surface area contributed by atoms with E-state index in [1.807, 2.05) is 26.0 Å². The minimum Gasteiger partial charge on any atom is -0.481 e. The van der Waals surface area contributed by atoms with Crippen molar-refractivity contribution in [1.82, 2.24) is 0 Å². The predicted molar refractivity (Wildman–Crippen MR) is 60.1 cm³/mol. The Labute approximate surface area is 93.9 Å². The van der Waals surface area contributed by atoms with E-state index in [1.54, 1.807) is 0 Å². The van der Waals surface area contributed by atoms with Gasteiger partial charge in [-0.3, -0.25) is 4.79 Å². The van der Waals surface area contributed by atoms with E-state index >= 15 is 0 Å². The molecule has 2 nitrogen and oxygen atoms in total. The quantitative estimate of drug-likeness (QED) is 0.742. The first-order valence-electron chi connectivity index (χ1n) is 4.48. The summed E-state index contributed by atoms with van der Waals surface area (Å²) in [4.78, 5) is 10.3. The molecule has 0 heterocycles. The molecular weight excluding hydrogens is 212 g/mol. The molecule has 0 unspecified atom stereocenters. The van der Waals surface area contributed by atoms with E-state index in [-0.39, 0.29) is 6.42 Å². The Morgan fingerprint density at radius 2 is 1.93 bits per heavy atom. The zero-order valence-electron chi connectivity index (χ0n) is 8.60. The van der Waals surface area contributed by atoms with Gasteiger partial charge in [-0.2, -0.15) is 0 Å². The van der Waals surface area contributed by atoms with Crippen molar-refractivity contribution >= 4 is 17.6 Å². The zero-order chi connectivity index (χ0) is 11.4. The van der Waals surface area contributed by atoms with Crippen LogP contribution in [0.15, 0.2) is 12.1 Å². The predicted octanol–water partition coefficient (Wildman–Crippen LogP) is 2.78. The normalized spacial score (nSPS) is 9.27. The van der Waals surface area contributed by atoms with Gasteiger partial charge in [0.2, 0.25) is 0 Å². The van der Waals surface area contributed by atoms with Crippen molar-refractivity contribution in [2.45, 2.75) is 20.3 Å². The SMILES string of the molecule is Cc1cc(C#CCC(=O)O)cc(C)c1Cl. The monoisotopic (exact) mass is 222 g/mol. The van der Waals surface area contributed by atoms with Gasteiger partial charge < -0.3 is 5.11 Å². The van der Waals surface area contributed by atoms with E-state index in [9.17, 15) is 4.79 Å². The second kappa shape index (κ2) is 4.86. The summed E-state index contributed by atoms with van der Waals surface area (Å²) >= 11 is 5.99. The fraction of sp³-hybridized carbons (Fsp3) is 0.250. The van der Waals surface area contributed by atoms with Crippen molar-refractivity contribution in [3.63, 3.8) is 0 Å². The van der Waals surface area contributed by atoms with Crippen LogP contribution in [0.2, 0.25) is 5.02 Å². The van der Waals surface area contributed by atoms with E-state index in [0.717, 1.165) is 21.7 Å². The molecule has 0 saturated heterocycles. The first-order valence-corrected chi connectivity index (χ1v) is 4.86. The minimum absolute atomic E-state index is 0.138. The average Bonchev–Trinajstić information content (AvgIpc) is 2.13. The van der Waals surface area contributed by atoms with Gasteiger partial charge >= 0.3 is 5.97 Å². The summed E-state index contributed by atoms with van der Waals surface area (Å²) in [5.74, 6) is 4.47. The Morgan fingerprint density at radius 3 is 2.40 bits per heavy atom. The summed E-state index contributed by atoms with van der Waals surface area (Å²) < 4.78 is 0. The molecule has 0 aliphatic heterocycles. The van der Waals surface area contributed by atoms with Crippen LogP contribution in [0.3, 0.4) is 0 Å². The zero-order valence-corrected chi connectivity index (χ0v) is 9.35. The molecule has 0 radical (unpaired) electrons. The van der Waals surface area contributed by atoms with Crippen LogP contribution in [0.4, 0.5) is 0 Å². The number of carbonyl (C=O) groups is 1. The lowest BCUT2D eigenvalue weighted by atomic mass is 10.1. The summed E-state index contributed by atoms with van der Waals surface area (Å²) in [5, 5.41) is 9.16.